The Balaban J connectivity index is 1.58. The van der Waals surface area contributed by atoms with E-state index in [4.69, 9.17) is 9.47 Å². The number of piperidine rings is 1. The highest BCUT2D eigenvalue weighted by Gasteiger charge is 2.23. The van der Waals surface area contributed by atoms with Gasteiger partial charge in [-0.3, -0.25) is 0 Å². The summed E-state index contributed by atoms with van der Waals surface area (Å²) < 4.78 is 11.1. The molecule has 0 aromatic carbocycles. The lowest BCUT2D eigenvalue weighted by Crippen LogP contribution is -2.39. The maximum absolute atomic E-state index is 6.06. The number of anilines is 2. The van der Waals surface area contributed by atoms with Crippen molar-refractivity contribution in [1.82, 2.24) is 15.0 Å². The molecule has 1 aliphatic rings. The molecule has 0 bridgehead atoms. The molecule has 3 heterocycles. The number of rotatable bonds is 7. The topological polar surface area (TPSA) is 72.4 Å². The van der Waals surface area contributed by atoms with E-state index in [1.54, 1.807) is 19.6 Å². The van der Waals surface area contributed by atoms with Gasteiger partial charge < -0.3 is 19.7 Å². The van der Waals surface area contributed by atoms with Crippen LogP contribution < -0.4 is 19.7 Å². The van der Waals surface area contributed by atoms with Crippen LogP contribution in [0.1, 0.15) is 31.7 Å². The molecule has 2 aromatic heterocycles. The van der Waals surface area contributed by atoms with Crippen LogP contribution in [0.3, 0.4) is 0 Å². The van der Waals surface area contributed by atoms with E-state index in [1.165, 1.54) is 0 Å². The van der Waals surface area contributed by atoms with Crippen LogP contribution in [-0.2, 0) is 0 Å². The van der Waals surface area contributed by atoms with E-state index in [0.717, 1.165) is 61.8 Å². The first-order valence-corrected chi connectivity index (χ1v) is 9.18. The molecule has 0 radical (unpaired) electrons. The van der Waals surface area contributed by atoms with Gasteiger partial charge in [-0.05, 0) is 19.4 Å². The lowest BCUT2D eigenvalue weighted by atomic mass is 10.1. The molecule has 26 heavy (non-hydrogen) atoms. The molecule has 1 fully saturated rings. The van der Waals surface area contributed by atoms with Gasteiger partial charge in [-0.1, -0.05) is 6.92 Å². The fraction of sp³-hybridized carbons (Fsp3) is 0.526. The van der Waals surface area contributed by atoms with Gasteiger partial charge >= 0.3 is 0 Å². The van der Waals surface area contributed by atoms with Crippen LogP contribution in [0.15, 0.2) is 24.7 Å². The molecule has 1 aliphatic heterocycles. The molecule has 1 N–H and O–H groups in total. The van der Waals surface area contributed by atoms with Crippen LogP contribution in [0.5, 0.6) is 11.6 Å². The minimum atomic E-state index is 0.196. The van der Waals surface area contributed by atoms with Gasteiger partial charge in [0.2, 0.25) is 5.88 Å². The maximum Gasteiger partial charge on any atom is 0.213 e. The predicted octanol–water partition coefficient (Wildman–Crippen LogP) is 3.06. The van der Waals surface area contributed by atoms with Crippen molar-refractivity contribution in [1.29, 1.82) is 0 Å². The molecular weight excluding hydrogens is 330 g/mol. The van der Waals surface area contributed by atoms with Gasteiger partial charge in [-0.15, -0.1) is 0 Å². The van der Waals surface area contributed by atoms with E-state index in [2.05, 4.69) is 39.0 Å². The molecular formula is C19H27N5O2. The minimum Gasteiger partial charge on any atom is -0.489 e. The zero-order valence-corrected chi connectivity index (χ0v) is 15.7. The number of nitrogens with zero attached hydrogens (tertiary/aromatic N) is 4. The second kappa shape index (κ2) is 8.69. The van der Waals surface area contributed by atoms with Crippen molar-refractivity contribution < 1.29 is 9.47 Å². The molecule has 3 rings (SSSR count). The summed E-state index contributed by atoms with van der Waals surface area (Å²) in [7, 11) is 1.61. The molecule has 0 atom stereocenters. The number of aromatic nitrogens is 3. The van der Waals surface area contributed by atoms with Gasteiger partial charge in [0.25, 0.3) is 0 Å². The molecule has 0 saturated carbocycles. The first-order valence-electron chi connectivity index (χ1n) is 9.18. The number of ether oxygens (including phenoxy) is 2. The monoisotopic (exact) mass is 357 g/mol. The van der Waals surface area contributed by atoms with Crippen molar-refractivity contribution >= 4 is 11.6 Å². The lowest BCUT2D eigenvalue weighted by molar-refractivity contribution is 0.169. The van der Waals surface area contributed by atoms with Gasteiger partial charge in [0.15, 0.2) is 0 Å². The Morgan fingerprint density at radius 2 is 2.00 bits per heavy atom. The van der Waals surface area contributed by atoms with Crippen LogP contribution in [0, 0.1) is 6.92 Å². The fourth-order valence-electron chi connectivity index (χ4n) is 3.12. The van der Waals surface area contributed by atoms with Crippen molar-refractivity contribution in [2.24, 2.45) is 0 Å². The van der Waals surface area contributed by atoms with Crippen molar-refractivity contribution in [3.05, 3.63) is 30.2 Å². The first kappa shape index (κ1) is 18.2. The number of nitrogens with one attached hydrogen (secondary N) is 1. The van der Waals surface area contributed by atoms with E-state index in [-0.39, 0.29) is 6.10 Å². The van der Waals surface area contributed by atoms with E-state index < -0.39 is 0 Å². The minimum absolute atomic E-state index is 0.196. The van der Waals surface area contributed by atoms with Crippen LogP contribution in [0.25, 0.3) is 0 Å². The molecule has 2 aromatic rings. The molecule has 7 heteroatoms. The predicted molar refractivity (Wildman–Crippen MR) is 102 cm³/mol. The van der Waals surface area contributed by atoms with E-state index in [1.807, 2.05) is 12.1 Å². The Morgan fingerprint density at radius 1 is 1.19 bits per heavy atom. The summed E-state index contributed by atoms with van der Waals surface area (Å²) in [6.07, 6.45) is 6.53. The fourth-order valence-corrected chi connectivity index (χ4v) is 3.12. The zero-order valence-electron chi connectivity index (χ0n) is 15.7. The van der Waals surface area contributed by atoms with E-state index in [9.17, 15) is 0 Å². The van der Waals surface area contributed by atoms with Gasteiger partial charge in [-0.25, -0.2) is 15.0 Å². The highest BCUT2D eigenvalue weighted by Crippen LogP contribution is 2.26. The van der Waals surface area contributed by atoms with Gasteiger partial charge in [0, 0.05) is 44.1 Å². The van der Waals surface area contributed by atoms with Gasteiger partial charge in [0.1, 0.15) is 29.8 Å². The van der Waals surface area contributed by atoms with Gasteiger partial charge in [-0.2, -0.15) is 0 Å². The molecule has 0 unspecified atom stereocenters. The van der Waals surface area contributed by atoms with Crippen LogP contribution in [-0.4, -0.2) is 47.8 Å². The highest BCUT2D eigenvalue weighted by molar-refractivity contribution is 5.58. The first-order chi connectivity index (χ1) is 12.7. The van der Waals surface area contributed by atoms with Crippen molar-refractivity contribution in [3.8, 4) is 11.6 Å². The molecule has 140 valence electrons. The summed E-state index contributed by atoms with van der Waals surface area (Å²) >= 11 is 0. The van der Waals surface area contributed by atoms with Crippen LogP contribution in [0.4, 0.5) is 11.6 Å². The molecule has 1 saturated heterocycles. The standard InChI is InChI=1S/C19H27N5O2/c1-4-9-20-18-14(2)19(23-13-22-18)24-10-7-15(8-11-24)26-16-5-6-17(25-3)21-12-16/h5-6,12-13,15H,4,7-11H2,1-3H3,(H,20,22,23). The smallest absolute Gasteiger partial charge is 0.213 e. The summed E-state index contributed by atoms with van der Waals surface area (Å²) in [6, 6.07) is 3.72. The Kier molecular flexibility index (Phi) is 6.09. The Labute approximate surface area is 154 Å². The molecule has 7 nitrogen and oxygen atoms in total. The van der Waals surface area contributed by atoms with E-state index in [0.29, 0.717) is 5.88 Å². The summed E-state index contributed by atoms with van der Waals surface area (Å²) in [6.45, 7) is 6.98. The SMILES string of the molecule is CCCNc1ncnc(N2CCC(Oc3ccc(OC)nc3)CC2)c1C. The molecule has 0 aliphatic carbocycles. The average molecular weight is 357 g/mol. The zero-order chi connectivity index (χ0) is 18.4. The molecule has 0 spiro atoms. The average Bonchev–Trinajstić information content (AvgIpc) is 2.68. The van der Waals surface area contributed by atoms with Crippen molar-refractivity contribution in [2.45, 2.75) is 39.2 Å². The van der Waals surface area contributed by atoms with E-state index >= 15 is 0 Å². The quantitative estimate of drug-likeness (QED) is 0.816. The maximum atomic E-state index is 6.06. The largest absolute Gasteiger partial charge is 0.489 e. The third-order valence-electron chi connectivity index (χ3n) is 4.56. The number of pyridine rings is 1. The van der Waals surface area contributed by atoms with Gasteiger partial charge in [0.05, 0.1) is 13.3 Å². The number of hydrogen-bond donors (Lipinski definition) is 1. The van der Waals surface area contributed by atoms with Crippen molar-refractivity contribution in [3.63, 3.8) is 0 Å². The molecule has 0 amide bonds. The Bertz CT molecular complexity index is 700. The second-order valence-corrected chi connectivity index (χ2v) is 6.44. The lowest BCUT2D eigenvalue weighted by Gasteiger charge is -2.33. The third-order valence-corrected chi connectivity index (χ3v) is 4.56. The van der Waals surface area contributed by atoms with Crippen LogP contribution in [0.2, 0.25) is 0 Å². The second-order valence-electron chi connectivity index (χ2n) is 6.44. The number of methoxy groups -OCH3 is 1. The Morgan fingerprint density at radius 3 is 2.65 bits per heavy atom. The summed E-state index contributed by atoms with van der Waals surface area (Å²) in [5.74, 6) is 3.33. The number of hydrogen-bond acceptors (Lipinski definition) is 7. The summed E-state index contributed by atoms with van der Waals surface area (Å²) in [5, 5.41) is 3.37. The third kappa shape index (κ3) is 4.33. The van der Waals surface area contributed by atoms with Crippen LogP contribution >= 0.6 is 0 Å². The summed E-state index contributed by atoms with van der Waals surface area (Å²) in [5.41, 5.74) is 1.11. The van der Waals surface area contributed by atoms with Crippen molar-refractivity contribution in [2.75, 3.05) is 37.0 Å². The Hall–Kier alpha value is -2.57. The highest BCUT2D eigenvalue weighted by atomic mass is 16.5. The normalized spacial score (nSPS) is 15.0. The summed E-state index contributed by atoms with van der Waals surface area (Å²) in [4.78, 5) is 15.4.